The van der Waals surface area contributed by atoms with E-state index in [0.717, 1.165) is 16.9 Å². The zero-order valence-corrected chi connectivity index (χ0v) is 11.2. The molecule has 5 heteroatoms. The zero-order valence-electron chi connectivity index (χ0n) is 11.2. The first-order valence-corrected chi connectivity index (χ1v) is 6.04. The number of aromatic hydroxyl groups is 1. The van der Waals surface area contributed by atoms with Gasteiger partial charge >= 0.3 is 0 Å². The highest BCUT2D eigenvalue weighted by molar-refractivity contribution is 5.59. The summed E-state index contributed by atoms with van der Waals surface area (Å²) in [5, 5.41) is 9.75. The maximum atomic E-state index is 11.8. The molecular weight excluding hydrogens is 244 g/mol. The van der Waals surface area contributed by atoms with Crippen LogP contribution in [0, 0.1) is 6.92 Å². The number of aromatic amines is 1. The SMILES string of the molecule is CCc1c(O)nc(-c2ccc(OC)c(C)c2)[nH]c1=O. The number of methoxy groups -OCH3 is 1. The van der Waals surface area contributed by atoms with Crippen LogP contribution in [0.1, 0.15) is 18.1 Å². The molecule has 0 radical (unpaired) electrons. The molecule has 0 spiro atoms. The van der Waals surface area contributed by atoms with Gasteiger partial charge in [-0.3, -0.25) is 4.79 Å². The predicted molar refractivity (Wildman–Crippen MR) is 72.6 cm³/mol. The summed E-state index contributed by atoms with van der Waals surface area (Å²) in [4.78, 5) is 18.5. The molecule has 0 saturated heterocycles. The summed E-state index contributed by atoms with van der Waals surface area (Å²) < 4.78 is 5.18. The monoisotopic (exact) mass is 260 g/mol. The molecule has 0 aliphatic rings. The maximum absolute atomic E-state index is 11.8. The van der Waals surface area contributed by atoms with E-state index in [2.05, 4.69) is 9.97 Å². The van der Waals surface area contributed by atoms with Gasteiger partial charge in [0.15, 0.2) is 0 Å². The van der Waals surface area contributed by atoms with Crippen LogP contribution in [0.2, 0.25) is 0 Å². The van der Waals surface area contributed by atoms with Gasteiger partial charge in [0.05, 0.1) is 12.7 Å². The van der Waals surface area contributed by atoms with Crippen LogP contribution in [0.3, 0.4) is 0 Å². The number of aryl methyl sites for hydroxylation is 1. The van der Waals surface area contributed by atoms with E-state index >= 15 is 0 Å². The Morgan fingerprint density at radius 3 is 2.68 bits per heavy atom. The fraction of sp³-hybridized carbons (Fsp3) is 0.286. The predicted octanol–water partition coefficient (Wildman–Crippen LogP) is 2.02. The van der Waals surface area contributed by atoms with Gasteiger partial charge in [-0.25, -0.2) is 0 Å². The summed E-state index contributed by atoms with van der Waals surface area (Å²) >= 11 is 0. The van der Waals surface area contributed by atoms with Crippen LogP contribution in [-0.2, 0) is 6.42 Å². The molecule has 0 atom stereocenters. The molecule has 2 rings (SSSR count). The van der Waals surface area contributed by atoms with Gasteiger partial charge in [0.2, 0.25) is 5.88 Å². The lowest BCUT2D eigenvalue weighted by Gasteiger charge is -2.08. The second-order valence-corrected chi connectivity index (χ2v) is 4.25. The molecule has 0 fully saturated rings. The fourth-order valence-electron chi connectivity index (χ4n) is 1.97. The van der Waals surface area contributed by atoms with Crippen LogP contribution >= 0.6 is 0 Å². The van der Waals surface area contributed by atoms with Crippen LogP contribution in [0.5, 0.6) is 11.6 Å². The van der Waals surface area contributed by atoms with Gasteiger partial charge in [0.25, 0.3) is 5.56 Å². The van der Waals surface area contributed by atoms with Crippen LogP contribution in [-0.4, -0.2) is 22.2 Å². The number of hydrogen-bond donors (Lipinski definition) is 2. The Bertz CT molecular complexity index is 662. The van der Waals surface area contributed by atoms with Crippen LogP contribution in [0.25, 0.3) is 11.4 Å². The van der Waals surface area contributed by atoms with E-state index in [1.54, 1.807) is 26.2 Å². The number of ether oxygens (including phenoxy) is 1. The van der Waals surface area contributed by atoms with Crippen LogP contribution in [0.4, 0.5) is 0 Å². The minimum Gasteiger partial charge on any atom is -0.496 e. The van der Waals surface area contributed by atoms with Gasteiger partial charge < -0.3 is 14.8 Å². The molecule has 0 amide bonds. The highest BCUT2D eigenvalue weighted by Crippen LogP contribution is 2.24. The highest BCUT2D eigenvalue weighted by atomic mass is 16.5. The molecule has 1 aromatic heterocycles. The first-order chi connectivity index (χ1) is 9.06. The molecule has 19 heavy (non-hydrogen) atoms. The zero-order chi connectivity index (χ0) is 14.0. The molecule has 1 aromatic carbocycles. The van der Waals surface area contributed by atoms with Gasteiger partial charge in [0.1, 0.15) is 11.6 Å². The minimum atomic E-state index is -0.307. The topological polar surface area (TPSA) is 75.2 Å². The van der Waals surface area contributed by atoms with E-state index < -0.39 is 0 Å². The summed E-state index contributed by atoms with van der Waals surface area (Å²) in [5.41, 5.74) is 1.66. The number of rotatable bonds is 3. The van der Waals surface area contributed by atoms with E-state index in [1.807, 2.05) is 13.0 Å². The van der Waals surface area contributed by atoms with Crippen molar-refractivity contribution in [2.45, 2.75) is 20.3 Å². The van der Waals surface area contributed by atoms with Crippen molar-refractivity contribution in [1.29, 1.82) is 0 Å². The second-order valence-electron chi connectivity index (χ2n) is 4.25. The van der Waals surface area contributed by atoms with E-state index in [4.69, 9.17) is 4.74 Å². The Balaban J connectivity index is 2.54. The average molecular weight is 260 g/mol. The molecule has 1 heterocycles. The molecule has 5 nitrogen and oxygen atoms in total. The molecule has 100 valence electrons. The van der Waals surface area contributed by atoms with Crippen molar-refractivity contribution < 1.29 is 9.84 Å². The van der Waals surface area contributed by atoms with Crippen molar-refractivity contribution in [3.63, 3.8) is 0 Å². The first kappa shape index (κ1) is 13.1. The number of nitrogens with zero attached hydrogens (tertiary/aromatic N) is 1. The first-order valence-electron chi connectivity index (χ1n) is 6.04. The van der Waals surface area contributed by atoms with Crippen molar-refractivity contribution in [2.24, 2.45) is 0 Å². The van der Waals surface area contributed by atoms with E-state index in [0.29, 0.717) is 17.8 Å². The molecular formula is C14H16N2O3. The Kier molecular flexibility index (Phi) is 3.55. The lowest BCUT2D eigenvalue weighted by Crippen LogP contribution is -2.14. The average Bonchev–Trinajstić information content (AvgIpc) is 2.38. The van der Waals surface area contributed by atoms with Crippen LogP contribution in [0.15, 0.2) is 23.0 Å². The third-order valence-corrected chi connectivity index (χ3v) is 3.02. The maximum Gasteiger partial charge on any atom is 0.258 e. The number of benzene rings is 1. The van der Waals surface area contributed by atoms with Gasteiger partial charge in [-0.2, -0.15) is 4.98 Å². The molecule has 0 saturated carbocycles. The van der Waals surface area contributed by atoms with E-state index in [1.165, 1.54) is 0 Å². The van der Waals surface area contributed by atoms with Gasteiger partial charge in [-0.15, -0.1) is 0 Å². The molecule has 2 aromatic rings. The number of hydrogen-bond acceptors (Lipinski definition) is 4. The van der Waals surface area contributed by atoms with Crippen molar-refractivity contribution in [2.75, 3.05) is 7.11 Å². The normalized spacial score (nSPS) is 10.5. The summed E-state index contributed by atoms with van der Waals surface area (Å²) in [6.45, 7) is 3.70. The van der Waals surface area contributed by atoms with Crippen molar-refractivity contribution in [3.8, 4) is 23.0 Å². The Labute approximate surface area is 110 Å². The quantitative estimate of drug-likeness (QED) is 0.885. The minimum absolute atomic E-state index is 0.213. The third-order valence-electron chi connectivity index (χ3n) is 3.02. The summed E-state index contributed by atoms with van der Waals surface area (Å²) in [6, 6.07) is 5.44. The molecule has 2 N–H and O–H groups in total. The van der Waals surface area contributed by atoms with Gasteiger partial charge in [-0.05, 0) is 37.1 Å². The Morgan fingerprint density at radius 2 is 2.16 bits per heavy atom. The second kappa shape index (κ2) is 5.14. The lowest BCUT2D eigenvalue weighted by molar-refractivity contribution is 0.412. The molecule has 0 bridgehead atoms. The van der Waals surface area contributed by atoms with Crippen molar-refractivity contribution >= 4 is 0 Å². The van der Waals surface area contributed by atoms with E-state index in [9.17, 15) is 9.90 Å². The summed E-state index contributed by atoms with van der Waals surface area (Å²) in [6.07, 6.45) is 0.441. The van der Waals surface area contributed by atoms with Crippen LogP contribution < -0.4 is 10.3 Å². The van der Waals surface area contributed by atoms with Gasteiger partial charge in [-0.1, -0.05) is 6.92 Å². The lowest BCUT2D eigenvalue weighted by atomic mass is 10.1. The van der Waals surface area contributed by atoms with Crippen molar-refractivity contribution in [3.05, 3.63) is 39.7 Å². The van der Waals surface area contributed by atoms with E-state index in [-0.39, 0.29) is 11.4 Å². The molecule has 0 aliphatic carbocycles. The smallest absolute Gasteiger partial charge is 0.258 e. The standard InChI is InChI=1S/C14H16N2O3/c1-4-10-13(17)15-12(16-14(10)18)9-5-6-11(19-3)8(2)7-9/h5-7H,4H2,1-3H3,(H2,15,16,17,18). The molecule has 0 aliphatic heterocycles. The summed E-state index contributed by atoms with van der Waals surface area (Å²) in [5.74, 6) is 0.903. The number of H-pyrrole nitrogens is 1. The summed E-state index contributed by atoms with van der Waals surface area (Å²) in [7, 11) is 1.60. The Morgan fingerprint density at radius 1 is 1.42 bits per heavy atom. The highest BCUT2D eigenvalue weighted by Gasteiger charge is 2.11. The Hall–Kier alpha value is -2.30. The third kappa shape index (κ3) is 2.45. The number of aromatic nitrogens is 2. The number of nitrogens with one attached hydrogen (secondary N) is 1. The molecule has 0 unspecified atom stereocenters. The largest absolute Gasteiger partial charge is 0.496 e. The fourth-order valence-corrected chi connectivity index (χ4v) is 1.97. The van der Waals surface area contributed by atoms with Gasteiger partial charge in [0, 0.05) is 5.56 Å². The van der Waals surface area contributed by atoms with Crippen molar-refractivity contribution in [1.82, 2.24) is 9.97 Å².